The lowest BCUT2D eigenvalue weighted by molar-refractivity contribution is -0.122. The van der Waals surface area contributed by atoms with Gasteiger partial charge in [0.1, 0.15) is 0 Å². The zero-order valence-corrected chi connectivity index (χ0v) is 14.1. The van der Waals surface area contributed by atoms with Gasteiger partial charge in [-0.15, -0.1) is 12.4 Å². The topological polar surface area (TPSA) is 74.6 Å². The summed E-state index contributed by atoms with van der Waals surface area (Å²) < 4.78 is 5.67. The molecule has 0 unspecified atom stereocenters. The number of hydrogen-bond donors (Lipinski definition) is 2. The van der Waals surface area contributed by atoms with Crippen LogP contribution in [0, 0.1) is 0 Å². The Morgan fingerprint density at radius 3 is 2.86 bits per heavy atom. The predicted octanol–water partition coefficient (Wildman–Crippen LogP) is 1.40. The van der Waals surface area contributed by atoms with Crippen LogP contribution in [0.25, 0.3) is 0 Å². The Labute approximate surface area is 138 Å². The van der Waals surface area contributed by atoms with Gasteiger partial charge < -0.3 is 20.0 Å². The first-order valence-electron chi connectivity index (χ1n) is 6.57. The molecule has 21 heavy (non-hydrogen) atoms. The van der Waals surface area contributed by atoms with Gasteiger partial charge in [-0.05, 0) is 47.4 Å². The van der Waals surface area contributed by atoms with Crippen molar-refractivity contribution < 1.29 is 14.0 Å². The quantitative estimate of drug-likeness (QED) is 0.828. The van der Waals surface area contributed by atoms with Crippen LogP contribution in [0.2, 0.25) is 0 Å². The summed E-state index contributed by atoms with van der Waals surface area (Å²) >= 11 is 3.14. The molecule has 1 fully saturated rings. The molecule has 0 bridgehead atoms. The van der Waals surface area contributed by atoms with Crippen molar-refractivity contribution in [1.82, 2.24) is 15.5 Å². The Morgan fingerprint density at radius 2 is 2.29 bits per heavy atom. The van der Waals surface area contributed by atoms with E-state index in [1.165, 1.54) is 4.90 Å². The number of furan rings is 1. The molecule has 0 radical (unpaired) electrons. The van der Waals surface area contributed by atoms with Crippen LogP contribution in [0.5, 0.6) is 0 Å². The first kappa shape index (κ1) is 18.0. The summed E-state index contributed by atoms with van der Waals surface area (Å²) in [7, 11) is 1.58. The molecule has 0 aromatic carbocycles. The number of rotatable bonds is 4. The fourth-order valence-corrected chi connectivity index (χ4v) is 2.46. The van der Waals surface area contributed by atoms with Crippen LogP contribution in [0.1, 0.15) is 23.4 Å². The van der Waals surface area contributed by atoms with E-state index in [9.17, 15) is 9.59 Å². The first-order chi connectivity index (χ1) is 9.56. The molecule has 1 saturated heterocycles. The third-order valence-corrected chi connectivity index (χ3v) is 3.60. The maximum atomic E-state index is 12.0. The molecule has 6 nitrogen and oxygen atoms in total. The maximum Gasteiger partial charge on any atom is 0.289 e. The monoisotopic (exact) mass is 379 g/mol. The summed E-state index contributed by atoms with van der Waals surface area (Å²) in [6, 6.07) is 3.37. The second-order valence-electron chi connectivity index (χ2n) is 4.88. The summed E-state index contributed by atoms with van der Waals surface area (Å²) in [5.41, 5.74) is 0. The zero-order chi connectivity index (χ0) is 14.5. The minimum absolute atomic E-state index is 0. The van der Waals surface area contributed by atoms with E-state index in [-0.39, 0.29) is 42.6 Å². The molecule has 1 aromatic rings. The average Bonchev–Trinajstić information content (AvgIpc) is 2.85. The SMILES string of the molecule is CN(CC(=O)N[C@H]1CCCNC1)C(=O)c1ccc(Br)o1.Cl. The summed E-state index contributed by atoms with van der Waals surface area (Å²) in [6.45, 7) is 1.81. The van der Waals surface area contributed by atoms with Crippen molar-refractivity contribution in [3.05, 3.63) is 22.6 Å². The third kappa shape index (κ3) is 5.33. The van der Waals surface area contributed by atoms with Crippen LogP contribution in [-0.4, -0.2) is 49.4 Å². The highest BCUT2D eigenvalue weighted by molar-refractivity contribution is 9.10. The molecule has 0 aliphatic carbocycles. The lowest BCUT2D eigenvalue weighted by Gasteiger charge is -2.25. The van der Waals surface area contributed by atoms with Gasteiger partial charge in [0.05, 0.1) is 6.54 Å². The Bertz CT molecular complexity index is 489. The number of carbonyl (C=O) groups excluding carboxylic acids is 2. The number of amides is 2. The van der Waals surface area contributed by atoms with Crippen molar-refractivity contribution >= 4 is 40.2 Å². The van der Waals surface area contributed by atoms with E-state index >= 15 is 0 Å². The molecule has 2 amide bonds. The number of likely N-dealkylation sites (N-methyl/N-ethyl adjacent to an activating group) is 1. The highest BCUT2D eigenvalue weighted by Gasteiger charge is 2.20. The number of nitrogens with one attached hydrogen (secondary N) is 2. The van der Waals surface area contributed by atoms with Crippen molar-refractivity contribution in [2.45, 2.75) is 18.9 Å². The zero-order valence-electron chi connectivity index (χ0n) is 11.7. The van der Waals surface area contributed by atoms with Crippen LogP contribution in [-0.2, 0) is 4.79 Å². The Morgan fingerprint density at radius 1 is 1.52 bits per heavy atom. The van der Waals surface area contributed by atoms with E-state index in [1.54, 1.807) is 19.2 Å². The molecule has 1 aliphatic heterocycles. The lowest BCUT2D eigenvalue weighted by atomic mass is 10.1. The van der Waals surface area contributed by atoms with Crippen molar-refractivity contribution in [2.24, 2.45) is 0 Å². The fourth-order valence-electron chi connectivity index (χ4n) is 2.15. The van der Waals surface area contributed by atoms with Gasteiger partial charge in [-0.3, -0.25) is 9.59 Å². The summed E-state index contributed by atoms with van der Waals surface area (Å²) in [5.74, 6) is -0.251. The van der Waals surface area contributed by atoms with E-state index < -0.39 is 0 Å². The molecule has 1 aromatic heterocycles. The van der Waals surface area contributed by atoms with Crippen molar-refractivity contribution in [1.29, 1.82) is 0 Å². The summed E-state index contributed by atoms with van der Waals surface area (Å²) in [5, 5.41) is 6.16. The average molecular weight is 381 g/mol. The Balaban J connectivity index is 0.00000220. The molecule has 8 heteroatoms. The molecule has 0 spiro atoms. The van der Waals surface area contributed by atoms with E-state index in [1.807, 2.05) is 0 Å². The van der Waals surface area contributed by atoms with Crippen molar-refractivity contribution in [3.63, 3.8) is 0 Å². The van der Waals surface area contributed by atoms with E-state index in [4.69, 9.17) is 4.42 Å². The maximum absolute atomic E-state index is 12.0. The van der Waals surface area contributed by atoms with Crippen LogP contribution in [0.3, 0.4) is 0 Å². The van der Waals surface area contributed by atoms with E-state index in [0.717, 1.165) is 25.9 Å². The van der Waals surface area contributed by atoms with Gasteiger partial charge in [0.25, 0.3) is 5.91 Å². The van der Waals surface area contributed by atoms with Gasteiger partial charge in [-0.1, -0.05) is 0 Å². The van der Waals surface area contributed by atoms with Crippen LogP contribution in [0.15, 0.2) is 21.2 Å². The summed E-state index contributed by atoms with van der Waals surface area (Å²) in [4.78, 5) is 25.2. The predicted molar refractivity (Wildman–Crippen MR) is 84.7 cm³/mol. The highest BCUT2D eigenvalue weighted by atomic mass is 79.9. The molecule has 2 heterocycles. The Kier molecular flexibility index (Phi) is 7.21. The van der Waals surface area contributed by atoms with E-state index in [0.29, 0.717) is 4.67 Å². The molecular weight excluding hydrogens is 362 g/mol. The van der Waals surface area contributed by atoms with E-state index in [2.05, 4.69) is 26.6 Å². The standard InChI is InChI=1S/C13H18BrN3O3.ClH/c1-17(13(19)10-4-5-11(14)20-10)8-12(18)16-9-3-2-6-15-7-9;/h4-5,9,15H,2-3,6-8H2,1H3,(H,16,18);1H/t9-;/m0./s1. The molecular formula is C13H19BrClN3O3. The number of nitrogens with zero attached hydrogens (tertiary/aromatic N) is 1. The molecule has 118 valence electrons. The number of carbonyl (C=O) groups is 2. The molecule has 2 rings (SSSR count). The largest absolute Gasteiger partial charge is 0.444 e. The number of halogens is 2. The minimum atomic E-state index is -0.312. The Hall–Kier alpha value is -1.05. The minimum Gasteiger partial charge on any atom is -0.444 e. The number of hydrogen-bond acceptors (Lipinski definition) is 4. The van der Waals surface area contributed by atoms with Crippen LogP contribution < -0.4 is 10.6 Å². The van der Waals surface area contributed by atoms with Crippen LogP contribution >= 0.6 is 28.3 Å². The van der Waals surface area contributed by atoms with Crippen molar-refractivity contribution in [2.75, 3.05) is 26.7 Å². The number of piperidine rings is 1. The van der Waals surface area contributed by atoms with Crippen molar-refractivity contribution in [3.8, 4) is 0 Å². The van der Waals surface area contributed by atoms with Gasteiger partial charge in [0.2, 0.25) is 5.91 Å². The van der Waals surface area contributed by atoms with Gasteiger partial charge in [-0.25, -0.2) is 0 Å². The lowest BCUT2D eigenvalue weighted by Crippen LogP contribution is -2.48. The van der Waals surface area contributed by atoms with Gasteiger partial charge in [0, 0.05) is 19.6 Å². The van der Waals surface area contributed by atoms with Gasteiger partial charge in [0.15, 0.2) is 10.4 Å². The van der Waals surface area contributed by atoms with Gasteiger partial charge in [-0.2, -0.15) is 0 Å². The summed E-state index contributed by atoms with van der Waals surface area (Å²) in [6.07, 6.45) is 2.03. The fraction of sp³-hybridized carbons (Fsp3) is 0.538. The second kappa shape index (κ2) is 8.41. The molecule has 2 N–H and O–H groups in total. The third-order valence-electron chi connectivity index (χ3n) is 3.17. The molecule has 1 aliphatic rings. The van der Waals surface area contributed by atoms with Crippen LogP contribution in [0.4, 0.5) is 0 Å². The second-order valence-corrected chi connectivity index (χ2v) is 5.66. The van der Waals surface area contributed by atoms with Gasteiger partial charge >= 0.3 is 0 Å². The molecule has 0 saturated carbocycles. The highest BCUT2D eigenvalue weighted by Crippen LogP contribution is 2.15. The smallest absolute Gasteiger partial charge is 0.289 e. The molecule has 1 atom stereocenters. The first-order valence-corrected chi connectivity index (χ1v) is 7.36. The normalized spacial score (nSPS) is 17.7.